The molecule has 9 heteroatoms. The van der Waals surface area contributed by atoms with E-state index in [0.717, 1.165) is 0 Å². The molecular weight excluding hydrogens is 448 g/mol. The average Bonchev–Trinajstić information content (AvgIpc) is 2.74. The number of carbonyl (C=O) groups is 3. The van der Waals surface area contributed by atoms with Crippen molar-refractivity contribution < 1.29 is 29.7 Å². The third-order valence-corrected chi connectivity index (χ3v) is 7.00. The lowest BCUT2D eigenvalue weighted by molar-refractivity contribution is -0.127. The van der Waals surface area contributed by atoms with Crippen LogP contribution >= 0.6 is 11.6 Å². The van der Waals surface area contributed by atoms with Crippen LogP contribution in [0, 0.1) is 17.8 Å². The minimum Gasteiger partial charge on any atom is -0.511 e. The first-order valence-electron chi connectivity index (χ1n) is 10.5. The zero-order valence-corrected chi connectivity index (χ0v) is 18.3. The number of aromatic hydroxyl groups is 1. The van der Waals surface area contributed by atoms with Gasteiger partial charge in [0.25, 0.3) is 0 Å². The lowest BCUT2D eigenvalue weighted by Crippen LogP contribution is -2.43. The molecule has 1 unspecified atom stereocenters. The van der Waals surface area contributed by atoms with Gasteiger partial charge < -0.3 is 15.3 Å². The molecule has 0 saturated heterocycles. The summed E-state index contributed by atoms with van der Waals surface area (Å²) in [5, 5.41) is 32.4. The lowest BCUT2D eigenvalue weighted by atomic mass is 9.61. The zero-order valence-electron chi connectivity index (χ0n) is 17.5. The van der Waals surface area contributed by atoms with Gasteiger partial charge >= 0.3 is 0 Å². The lowest BCUT2D eigenvalue weighted by Gasteiger charge is -2.41. The Balaban J connectivity index is 1.67. The molecule has 1 fully saturated rings. The van der Waals surface area contributed by atoms with Gasteiger partial charge in [-0.3, -0.25) is 14.4 Å². The number of phenols is 1. The van der Waals surface area contributed by atoms with Gasteiger partial charge in [0.2, 0.25) is 5.28 Å². The molecule has 3 aliphatic carbocycles. The Kier molecular flexibility index (Phi) is 4.86. The third kappa shape index (κ3) is 3.16. The normalized spacial score (nSPS) is 24.4. The van der Waals surface area contributed by atoms with Gasteiger partial charge in [0, 0.05) is 30.0 Å². The van der Waals surface area contributed by atoms with Gasteiger partial charge in [-0.05, 0) is 60.4 Å². The maximum atomic E-state index is 13.5. The minimum atomic E-state index is -1.06. The Labute approximate surface area is 193 Å². The molecule has 1 heterocycles. The van der Waals surface area contributed by atoms with E-state index in [4.69, 9.17) is 11.6 Å². The number of rotatable bonds is 2. The molecule has 0 radical (unpaired) electrons. The first-order chi connectivity index (χ1) is 15.7. The maximum absolute atomic E-state index is 13.5. The van der Waals surface area contributed by atoms with Crippen LogP contribution in [0.2, 0.25) is 5.28 Å². The first kappa shape index (κ1) is 21.3. The van der Waals surface area contributed by atoms with Crippen LogP contribution in [0.1, 0.15) is 30.9 Å². The second-order valence-corrected chi connectivity index (χ2v) is 9.01. The summed E-state index contributed by atoms with van der Waals surface area (Å²) < 4.78 is 0. The summed E-state index contributed by atoms with van der Waals surface area (Å²) in [6.45, 7) is 1.17. The van der Waals surface area contributed by atoms with E-state index >= 15 is 0 Å². The van der Waals surface area contributed by atoms with Crippen molar-refractivity contribution in [3.05, 3.63) is 57.8 Å². The number of carbonyl (C=O) groups excluding carboxylic acids is 3. The SMILES string of the molecule is CC(=O)C1=C(O)C2C(=O)C3=C(O)c4c(O)ccc(-c5cnc(Cl)nc5)c4C[C@H]3C[C@H]2CC1=O. The fourth-order valence-corrected chi connectivity index (χ4v) is 5.57. The molecule has 1 aromatic carbocycles. The van der Waals surface area contributed by atoms with Gasteiger partial charge in [-0.15, -0.1) is 0 Å². The average molecular weight is 467 g/mol. The maximum Gasteiger partial charge on any atom is 0.222 e. The highest BCUT2D eigenvalue weighted by Crippen LogP contribution is 2.51. The van der Waals surface area contributed by atoms with Crippen LogP contribution in [0.4, 0.5) is 0 Å². The van der Waals surface area contributed by atoms with E-state index in [0.29, 0.717) is 29.5 Å². The smallest absolute Gasteiger partial charge is 0.222 e. The van der Waals surface area contributed by atoms with E-state index in [1.165, 1.54) is 25.4 Å². The number of benzene rings is 1. The number of Topliss-reactive ketones (excluding diaryl/α,β-unsaturated/α-hetero) is 3. The predicted molar refractivity (Wildman–Crippen MR) is 117 cm³/mol. The topological polar surface area (TPSA) is 138 Å². The quantitative estimate of drug-likeness (QED) is 0.451. The van der Waals surface area contributed by atoms with Crippen LogP contribution < -0.4 is 0 Å². The van der Waals surface area contributed by atoms with Crippen molar-refractivity contribution in [1.82, 2.24) is 9.97 Å². The third-order valence-electron chi connectivity index (χ3n) is 6.81. The molecule has 0 spiro atoms. The van der Waals surface area contributed by atoms with Gasteiger partial charge in [-0.1, -0.05) is 6.07 Å². The van der Waals surface area contributed by atoms with Crippen molar-refractivity contribution in [2.45, 2.75) is 26.2 Å². The number of hydrogen-bond donors (Lipinski definition) is 3. The highest BCUT2D eigenvalue weighted by Gasteiger charge is 2.50. The van der Waals surface area contributed by atoms with E-state index < -0.39 is 40.9 Å². The van der Waals surface area contributed by atoms with Crippen LogP contribution in [0.5, 0.6) is 5.75 Å². The molecule has 3 N–H and O–H groups in total. The first-order valence-corrected chi connectivity index (χ1v) is 10.8. The van der Waals surface area contributed by atoms with Crippen molar-refractivity contribution >= 4 is 34.7 Å². The van der Waals surface area contributed by atoms with E-state index in [2.05, 4.69) is 9.97 Å². The summed E-state index contributed by atoms with van der Waals surface area (Å²) in [5.41, 5.74) is 1.85. The molecule has 1 aromatic heterocycles. The largest absolute Gasteiger partial charge is 0.511 e. The number of hydrogen-bond acceptors (Lipinski definition) is 8. The van der Waals surface area contributed by atoms with Gasteiger partial charge in [0.05, 0.1) is 17.1 Å². The molecule has 1 saturated carbocycles. The van der Waals surface area contributed by atoms with Gasteiger partial charge in [-0.25, -0.2) is 9.97 Å². The van der Waals surface area contributed by atoms with Crippen molar-refractivity contribution in [3.63, 3.8) is 0 Å². The Bertz CT molecular complexity index is 1310. The summed E-state index contributed by atoms with van der Waals surface area (Å²) in [5.74, 6) is -4.61. The molecule has 0 aliphatic heterocycles. The number of aromatic nitrogens is 2. The Morgan fingerprint density at radius 1 is 1.09 bits per heavy atom. The number of halogens is 1. The second kappa shape index (κ2) is 7.52. The second-order valence-electron chi connectivity index (χ2n) is 8.67. The molecular formula is C24H19ClN2O6. The van der Waals surface area contributed by atoms with E-state index in [1.807, 2.05) is 0 Å². The summed E-state index contributed by atoms with van der Waals surface area (Å²) >= 11 is 5.80. The summed E-state index contributed by atoms with van der Waals surface area (Å²) in [6, 6.07) is 3.10. The van der Waals surface area contributed by atoms with E-state index in [1.54, 1.807) is 6.07 Å². The van der Waals surface area contributed by atoms with Crippen molar-refractivity contribution in [1.29, 1.82) is 0 Å². The zero-order chi connectivity index (χ0) is 23.6. The van der Waals surface area contributed by atoms with Crippen molar-refractivity contribution in [2.24, 2.45) is 17.8 Å². The fourth-order valence-electron chi connectivity index (χ4n) is 5.48. The Morgan fingerprint density at radius 2 is 1.79 bits per heavy atom. The molecule has 0 bridgehead atoms. The molecule has 5 rings (SSSR count). The monoisotopic (exact) mass is 466 g/mol. The molecule has 33 heavy (non-hydrogen) atoms. The van der Waals surface area contributed by atoms with Crippen LogP contribution in [-0.4, -0.2) is 42.6 Å². The predicted octanol–water partition coefficient (Wildman–Crippen LogP) is 3.52. The molecule has 0 amide bonds. The summed E-state index contributed by atoms with van der Waals surface area (Å²) in [4.78, 5) is 45.8. The fraction of sp³-hybridized carbons (Fsp3) is 0.292. The number of aliphatic hydroxyl groups is 2. The van der Waals surface area contributed by atoms with Crippen LogP contribution in [0.3, 0.4) is 0 Å². The van der Waals surface area contributed by atoms with Gasteiger partial charge in [0.1, 0.15) is 17.3 Å². The molecule has 3 aliphatic rings. The molecule has 3 atom stereocenters. The highest BCUT2D eigenvalue weighted by molar-refractivity contribution is 6.28. The molecule has 2 aromatic rings. The van der Waals surface area contributed by atoms with Crippen LogP contribution in [0.25, 0.3) is 16.9 Å². The molecule has 168 valence electrons. The summed E-state index contributed by atoms with van der Waals surface area (Å²) in [6.07, 6.45) is 3.74. The Hall–Kier alpha value is -3.52. The van der Waals surface area contributed by atoms with E-state index in [9.17, 15) is 29.7 Å². The highest BCUT2D eigenvalue weighted by atomic mass is 35.5. The Morgan fingerprint density at radius 3 is 2.45 bits per heavy atom. The van der Waals surface area contributed by atoms with E-state index in [-0.39, 0.29) is 39.9 Å². The van der Waals surface area contributed by atoms with Crippen molar-refractivity contribution in [3.8, 4) is 16.9 Å². The number of fused-ring (bicyclic) bond motifs is 3. The summed E-state index contributed by atoms with van der Waals surface area (Å²) in [7, 11) is 0. The minimum absolute atomic E-state index is 0.0231. The standard InChI is InChI=1S/C24H19ClN2O6/c1-9(28)17-16(30)6-11-4-10-5-14-13(12-7-26-24(25)27-8-12)2-3-15(29)20(14)23(33)18(10)22(32)19(11)21(17)31/h2-3,7-8,10-11,19,29,31,33H,4-6H2,1H3/t10-,11+,19?/m1/s1. The van der Waals surface area contributed by atoms with Gasteiger partial charge in [-0.2, -0.15) is 0 Å². The van der Waals surface area contributed by atoms with Gasteiger partial charge in [0.15, 0.2) is 17.3 Å². The number of allylic oxidation sites excluding steroid dienone is 3. The van der Waals surface area contributed by atoms with Crippen molar-refractivity contribution in [2.75, 3.05) is 0 Å². The van der Waals surface area contributed by atoms with Crippen LogP contribution in [-0.2, 0) is 20.8 Å². The number of nitrogens with zero attached hydrogens (tertiary/aromatic N) is 2. The number of aliphatic hydroxyl groups excluding tert-OH is 2. The number of phenolic OH excluding ortho intramolecular Hbond substituents is 1. The molecule has 8 nitrogen and oxygen atoms in total. The number of ketones is 3. The van der Waals surface area contributed by atoms with Crippen LogP contribution in [0.15, 0.2) is 41.4 Å².